The number of H-pyrrole nitrogens is 1. The van der Waals surface area contributed by atoms with E-state index in [0.717, 1.165) is 27.6 Å². The molecule has 0 aliphatic rings. The monoisotopic (exact) mass is 370 g/mol. The lowest BCUT2D eigenvalue weighted by atomic mass is 10.1. The predicted molar refractivity (Wildman–Crippen MR) is 104 cm³/mol. The quantitative estimate of drug-likeness (QED) is 0.740. The second-order valence-corrected chi connectivity index (χ2v) is 8.48. The number of sulfonamides is 1. The van der Waals surface area contributed by atoms with Crippen LogP contribution in [0.3, 0.4) is 0 Å². The third-order valence-corrected chi connectivity index (χ3v) is 6.16. The molecule has 26 heavy (non-hydrogen) atoms. The number of aromatic amines is 1. The third-order valence-electron chi connectivity index (χ3n) is 4.62. The van der Waals surface area contributed by atoms with Gasteiger partial charge in [0.15, 0.2) is 0 Å². The van der Waals surface area contributed by atoms with Gasteiger partial charge in [-0.15, -0.1) is 0 Å². The molecule has 0 bridgehead atoms. The fourth-order valence-corrected chi connectivity index (χ4v) is 4.23. The van der Waals surface area contributed by atoms with Crippen molar-refractivity contribution in [3.63, 3.8) is 0 Å². The minimum atomic E-state index is -3.70. The van der Waals surface area contributed by atoms with E-state index in [0.29, 0.717) is 11.1 Å². The molecule has 2 aromatic carbocycles. The highest BCUT2D eigenvalue weighted by atomic mass is 32.2. The molecule has 0 atom stereocenters. The van der Waals surface area contributed by atoms with Gasteiger partial charge < -0.3 is 4.98 Å². The summed E-state index contributed by atoms with van der Waals surface area (Å²) in [4.78, 5) is 15.4. The molecule has 0 aliphatic heterocycles. The zero-order chi connectivity index (χ0) is 19.1. The van der Waals surface area contributed by atoms with Crippen molar-refractivity contribution in [2.75, 3.05) is 0 Å². The van der Waals surface area contributed by atoms with E-state index < -0.39 is 10.0 Å². The molecule has 1 heterocycles. The minimum Gasteiger partial charge on any atom is -0.322 e. The number of fused-ring (bicyclic) bond motifs is 1. The van der Waals surface area contributed by atoms with Crippen LogP contribution in [0.1, 0.15) is 27.8 Å². The van der Waals surface area contributed by atoms with Crippen molar-refractivity contribution in [2.24, 2.45) is 0 Å². The minimum absolute atomic E-state index is 0.0616. The summed E-state index contributed by atoms with van der Waals surface area (Å²) in [5.74, 6) is 0. The van der Waals surface area contributed by atoms with Crippen molar-refractivity contribution in [3.05, 3.63) is 74.6 Å². The second kappa shape index (κ2) is 6.70. The Hall–Kier alpha value is -2.44. The average molecular weight is 370 g/mol. The molecule has 0 unspecified atom stereocenters. The van der Waals surface area contributed by atoms with Crippen LogP contribution in [0.2, 0.25) is 0 Å². The summed E-state index contributed by atoms with van der Waals surface area (Å²) in [5, 5.41) is 0.883. The van der Waals surface area contributed by atoms with Crippen LogP contribution in [0, 0.1) is 27.7 Å². The first-order valence-corrected chi connectivity index (χ1v) is 9.86. The number of pyridine rings is 1. The summed E-state index contributed by atoms with van der Waals surface area (Å²) in [6.45, 7) is 7.52. The Morgan fingerprint density at radius 1 is 0.923 bits per heavy atom. The van der Waals surface area contributed by atoms with Crippen molar-refractivity contribution in [1.29, 1.82) is 0 Å². The van der Waals surface area contributed by atoms with Gasteiger partial charge in [-0.3, -0.25) is 4.79 Å². The van der Waals surface area contributed by atoms with E-state index in [4.69, 9.17) is 0 Å². The first-order valence-electron chi connectivity index (χ1n) is 8.37. The molecular formula is C20H22N2O3S. The molecule has 6 heteroatoms. The molecule has 1 aromatic heterocycles. The van der Waals surface area contributed by atoms with Gasteiger partial charge in [0, 0.05) is 17.6 Å². The first kappa shape index (κ1) is 18.4. The Bertz CT molecular complexity index is 1160. The Morgan fingerprint density at radius 2 is 1.62 bits per heavy atom. The van der Waals surface area contributed by atoms with Crippen molar-refractivity contribution in [1.82, 2.24) is 9.71 Å². The zero-order valence-electron chi connectivity index (χ0n) is 15.3. The van der Waals surface area contributed by atoms with E-state index >= 15 is 0 Å². The summed E-state index contributed by atoms with van der Waals surface area (Å²) >= 11 is 0. The fraction of sp³-hybridized carbons (Fsp3) is 0.250. The van der Waals surface area contributed by atoms with E-state index in [1.165, 1.54) is 0 Å². The van der Waals surface area contributed by atoms with Crippen LogP contribution < -0.4 is 10.3 Å². The lowest BCUT2D eigenvalue weighted by molar-refractivity contribution is 0.580. The molecule has 2 N–H and O–H groups in total. The Kier molecular flexibility index (Phi) is 4.73. The highest BCUT2D eigenvalue weighted by molar-refractivity contribution is 7.89. The topological polar surface area (TPSA) is 79.0 Å². The lowest BCUT2D eigenvalue weighted by Gasteiger charge is -2.11. The normalized spacial score (nSPS) is 11.8. The number of hydrogen-bond donors (Lipinski definition) is 2. The smallest absolute Gasteiger partial charge is 0.252 e. The molecule has 0 aliphatic carbocycles. The lowest BCUT2D eigenvalue weighted by Crippen LogP contribution is -2.27. The second-order valence-electron chi connectivity index (χ2n) is 6.74. The van der Waals surface area contributed by atoms with Crippen LogP contribution in [0.5, 0.6) is 0 Å². The third kappa shape index (κ3) is 3.57. The highest BCUT2D eigenvalue weighted by Crippen LogP contribution is 2.19. The van der Waals surface area contributed by atoms with Gasteiger partial charge in [0.25, 0.3) is 5.56 Å². The Morgan fingerprint density at radius 3 is 2.35 bits per heavy atom. The maximum Gasteiger partial charge on any atom is 0.252 e. The number of nitrogens with one attached hydrogen (secondary N) is 2. The molecule has 0 spiro atoms. The van der Waals surface area contributed by atoms with E-state index in [1.807, 2.05) is 39.0 Å². The van der Waals surface area contributed by atoms with E-state index in [-0.39, 0.29) is 17.0 Å². The van der Waals surface area contributed by atoms with E-state index in [2.05, 4.69) is 9.71 Å². The van der Waals surface area contributed by atoms with Crippen LogP contribution in [-0.2, 0) is 16.6 Å². The Labute approximate surface area is 153 Å². The molecule has 5 nitrogen and oxygen atoms in total. The van der Waals surface area contributed by atoms with Gasteiger partial charge in [-0.2, -0.15) is 0 Å². The number of aryl methyl sites for hydroxylation is 4. The molecule has 0 radical (unpaired) electrons. The highest BCUT2D eigenvalue weighted by Gasteiger charge is 2.17. The summed E-state index contributed by atoms with van der Waals surface area (Å²) in [6.07, 6.45) is 0. The average Bonchev–Trinajstić information content (AvgIpc) is 2.57. The largest absolute Gasteiger partial charge is 0.322 e. The number of benzene rings is 2. The van der Waals surface area contributed by atoms with Crippen molar-refractivity contribution < 1.29 is 8.42 Å². The van der Waals surface area contributed by atoms with Gasteiger partial charge in [-0.05, 0) is 79.6 Å². The molecule has 0 fully saturated rings. The van der Waals surface area contributed by atoms with Crippen LogP contribution in [0.15, 0.2) is 46.1 Å². The van der Waals surface area contributed by atoms with E-state index in [1.54, 1.807) is 25.1 Å². The van der Waals surface area contributed by atoms with Gasteiger partial charge in [0.1, 0.15) is 0 Å². The van der Waals surface area contributed by atoms with Gasteiger partial charge in [-0.25, -0.2) is 13.1 Å². The summed E-state index contributed by atoms with van der Waals surface area (Å²) in [5.41, 5.74) is 4.59. The maximum atomic E-state index is 12.6. The van der Waals surface area contributed by atoms with Crippen LogP contribution >= 0.6 is 0 Å². The number of rotatable bonds is 4. The molecule has 0 amide bonds. The van der Waals surface area contributed by atoms with Crippen LogP contribution in [0.25, 0.3) is 10.9 Å². The molecule has 136 valence electrons. The zero-order valence-corrected chi connectivity index (χ0v) is 16.1. The van der Waals surface area contributed by atoms with Crippen molar-refractivity contribution >= 4 is 20.9 Å². The molecule has 3 rings (SSSR count). The van der Waals surface area contributed by atoms with Gasteiger partial charge in [0.05, 0.1) is 4.90 Å². The fourth-order valence-electron chi connectivity index (χ4n) is 2.90. The van der Waals surface area contributed by atoms with Gasteiger partial charge >= 0.3 is 0 Å². The van der Waals surface area contributed by atoms with Gasteiger partial charge in [0.2, 0.25) is 10.0 Å². The molecule has 3 aromatic rings. The van der Waals surface area contributed by atoms with Crippen LogP contribution in [-0.4, -0.2) is 13.4 Å². The van der Waals surface area contributed by atoms with Gasteiger partial charge in [-0.1, -0.05) is 12.1 Å². The summed E-state index contributed by atoms with van der Waals surface area (Å²) in [6, 6.07) is 10.9. The number of hydrogen-bond acceptors (Lipinski definition) is 3. The number of aromatic nitrogens is 1. The molecule has 0 saturated heterocycles. The van der Waals surface area contributed by atoms with Crippen LogP contribution in [0.4, 0.5) is 0 Å². The molecular weight excluding hydrogens is 348 g/mol. The predicted octanol–water partition coefficient (Wildman–Crippen LogP) is 3.24. The summed E-state index contributed by atoms with van der Waals surface area (Å²) < 4.78 is 27.8. The first-order chi connectivity index (χ1) is 12.2. The van der Waals surface area contributed by atoms with Crippen molar-refractivity contribution in [2.45, 2.75) is 39.1 Å². The summed E-state index contributed by atoms with van der Waals surface area (Å²) in [7, 11) is -3.70. The van der Waals surface area contributed by atoms with E-state index in [9.17, 15) is 13.2 Å². The SMILES string of the molecule is Cc1ccc(C)c(S(=O)(=O)NCc2cc3cc(C)c(C)cc3[nH]c2=O)c1. The maximum absolute atomic E-state index is 12.6. The Balaban J connectivity index is 1.94. The van der Waals surface area contributed by atoms with Crippen molar-refractivity contribution in [3.8, 4) is 0 Å². The standard InChI is InChI=1S/C20H22N2O3S/c1-12-5-6-13(2)19(7-12)26(24,25)21-11-17-10-16-8-14(3)15(4)9-18(16)22-20(17)23/h5-10,21H,11H2,1-4H3,(H,22,23). The molecule has 0 saturated carbocycles.